The van der Waals surface area contributed by atoms with Crippen LogP contribution in [0.25, 0.3) is 0 Å². The van der Waals surface area contributed by atoms with E-state index in [0.717, 1.165) is 18.0 Å². The Morgan fingerprint density at radius 1 is 1.21 bits per heavy atom. The van der Waals surface area contributed by atoms with E-state index in [0.29, 0.717) is 0 Å². The molecule has 2 heterocycles. The molecule has 0 bridgehead atoms. The maximum atomic E-state index is 3.69. The van der Waals surface area contributed by atoms with E-state index in [1.807, 2.05) is 0 Å². The highest BCUT2D eigenvalue weighted by atomic mass is 32.2. The molecular weight excluding hydrogens is 192 g/mol. The average Bonchev–Trinajstić information content (AvgIpc) is 2.85. The molecule has 0 aromatic heterocycles. The van der Waals surface area contributed by atoms with Crippen molar-refractivity contribution in [2.75, 3.05) is 31.1 Å². The third-order valence-corrected chi connectivity index (χ3v) is 4.99. The zero-order chi connectivity index (χ0) is 9.38. The first kappa shape index (κ1) is 9.49. The van der Waals surface area contributed by atoms with E-state index >= 15 is 0 Å². The van der Waals surface area contributed by atoms with Gasteiger partial charge in [-0.25, -0.2) is 0 Å². The molecule has 2 nitrogen and oxygen atoms in total. The van der Waals surface area contributed by atoms with Gasteiger partial charge in [0.15, 0.2) is 0 Å². The minimum absolute atomic E-state index is 0.843. The van der Waals surface area contributed by atoms with Gasteiger partial charge in [-0.15, -0.1) is 0 Å². The molecule has 2 aliphatic heterocycles. The summed E-state index contributed by atoms with van der Waals surface area (Å²) in [6.45, 7) is 4.02. The van der Waals surface area contributed by atoms with E-state index in [1.54, 1.807) is 0 Å². The van der Waals surface area contributed by atoms with Crippen molar-refractivity contribution < 1.29 is 0 Å². The lowest BCUT2D eigenvalue weighted by Gasteiger charge is -2.27. The first-order valence-electron chi connectivity index (χ1n) is 5.97. The van der Waals surface area contributed by atoms with Crippen molar-refractivity contribution in [2.24, 2.45) is 5.92 Å². The van der Waals surface area contributed by atoms with Crippen LogP contribution in [0.15, 0.2) is 0 Å². The van der Waals surface area contributed by atoms with Crippen LogP contribution in [-0.4, -0.2) is 48.1 Å². The van der Waals surface area contributed by atoms with Gasteiger partial charge in [-0.05, 0) is 38.3 Å². The first-order valence-corrected chi connectivity index (χ1v) is 7.12. The van der Waals surface area contributed by atoms with Gasteiger partial charge in [0.1, 0.15) is 0 Å². The number of nitrogens with zero attached hydrogens (tertiary/aromatic N) is 1. The van der Waals surface area contributed by atoms with Crippen molar-refractivity contribution in [3.05, 3.63) is 0 Å². The van der Waals surface area contributed by atoms with Crippen molar-refractivity contribution >= 4 is 11.8 Å². The van der Waals surface area contributed by atoms with E-state index in [9.17, 15) is 0 Å². The van der Waals surface area contributed by atoms with Gasteiger partial charge in [0.05, 0.1) is 0 Å². The van der Waals surface area contributed by atoms with Crippen LogP contribution in [0.1, 0.15) is 19.3 Å². The summed E-state index contributed by atoms with van der Waals surface area (Å²) in [5.41, 5.74) is 0. The molecule has 0 amide bonds. The highest BCUT2D eigenvalue weighted by Crippen LogP contribution is 2.31. The molecule has 1 unspecified atom stereocenters. The lowest BCUT2D eigenvalue weighted by atomic mass is 10.1. The quantitative estimate of drug-likeness (QED) is 0.753. The molecule has 80 valence electrons. The third-order valence-electron chi connectivity index (χ3n) is 3.71. The van der Waals surface area contributed by atoms with Gasteiger partial charge in [-0.1, -0.05) is 0 Å². The lowest BCUT2D eigenvalue weighted by Crippen LogP contribution is -2.43. The van der Waals surface area contributed by atoms with Crippen molar-refractivity contribution in [3.8, 4) is 0 Å². The predicted octanol–water partition coefficient (Wildman–Crippen LogP) is 1.18. The Labute approximate surface area is 90.8 Å². The van der Waals surface area contributed by atoms with E-state index < -0.39 is 0 Å². The fourth-order valence-corrected chi connectivity index (χ4v) is 3.19. The number of thioether (sulfide) groups is 1. The Hall–Kier alpha value is 0.270. The second kappa shape index (κ2) is 4.03. The summed E-state index contributed by atoms with van der Waals surface area (Å²) in [5, 5.41) is 3.69. The number of nitrogens with one attached hydrogen (secondary N) is 1. The summed E-state index contributed by atoms with van der Waals surface area (Å²) < 4.78 is 0. The fourth-order valence-electron chi connectivity index (χ4n) is 2.49. The standard InChI is InChI=1S/C11H20N2S/c1-2-11(1)13-4-3-9(6-13)5-12-10-7-14-8-10/h9-12H,1-8H2. The molecule has 0 aromatic carbocycles. The zero-order valence-electron chi connectivity index (χ0n) is 8.74. The zero-order valence-corrected chi connectivity index (χ0v) is 9.56. The number of hydrogen-bond acceptors (Lipinski definition) is 3. The van der Waals surface area contributed by atoms with E-state index in [4.69, 9.17) is 0 Å². The smallest absolute Gasteiger partial charge is 0.0248 e. The molecule has 3 rings (SSSR count). The van der Waals surface area contributed by atoms with Crippen LogP contribution in [0.2, 0.25) is 0 Å². The molecule has 0 radical (unpaired) electrons. The minimum atomic E-state index is 0.843. The van der Waals surface area contributed by atoms with Crippen molar-refractivity contribution in [3.63, 3.8) is 0 Å². The van der Waals surface area contributed by atoms with Gasteiger partial charge in [-0.3, -0.25) is 0 Å². The highest BCUT2D eigenvalue weighted by molar-refractivity contribution is 8.00. The van der Waals surface area contributed by atoms with Crippen LogP contribution < -0.4 is 5.32 Å². The fraction of sp³-hybridized carbons (Fsp3) is 1.00. The molecule has 3 heteroatoms. The van der Waals surface area contributed by atoms with Crippen LogP contribution in [-0.2, 0) is 0 Å². The van der Waals surface area contributed by atoms with Crippen LogP contribution in [0.5, 0.6) is 0 Å². The summed E-state index contributed by atoms with van der Waals surface area (Å²) in [6, 6.07) is 1.83. The predicted molar refractivity (Wildman–Crippen MR) is 61.8 cm³/mol. The summed E-state index contributed by atoms with van der Waals surface area (Å²) in [6.07, 6.45) is 4.38. The van der Waals surface area contributed by atoms with Gasteiger partial charge in [-0.2, -0.15) is 11.8 Å². The van der Waals surface area contributed by atoms with Gasteiger partial charge < -0.3 is 10.2 Å². The Balaban J connectivity index is 1.37. The largest absolute Gasteiger partial charge is 0.312 e. The Kier molecular flexibility index (Phi) is 2.73. The molecule has 1 atom stereocenters. The SMILES string of the molecule is C1CN(C2CC2)CC1CNC1CSC1. The van der Waals surface area contributed by atoms with Gasteiger partial charge in [0.2, 0.25) is 0 Å². The number of likely N-dealkylation sites (tertiary alicyclic amines) is 1. The van der Waals surface area contributed by atoms with Crippen molar-refractivity contribution in [1.29, 1.82) is 0 Å². The molecule has 14 heavy (non-hydrogen) atoms. The second-order valence-electron chi connectivity index (χ2n) is 5.02. The maximum absolute atomic E-state index is 3.69. The summed E-state index contributed by atoms with van der Waals surface area (Å²) in [5.74, 6) is 3.64. The molecule has 3 aliphatic rings. The first-order chi connectivity index (χ1) is 6.92. The van der Waals surface area contributed by atoms with Crippen LogP contribution in [0.4, 0.5) is 0 Å². The molecule has 1 aliphatic carbocycles. The van der Waals surface area contributed by atoms with Gasteiger partial charge >= 0.3 is 0 Å². The van der Waals surface area contributed by atoms with Crippen molar-refractivity contribution in [2.45, 2.75) is 31.3 Å². The Morgan fingerprint density at radius 3 is 2.71 bits per heavy atom. The molecular formula is C11H20N2S. The summed E-state index contributed by atoms with van der Waals surface area (Å²) >= 11 is 2.07. The highest BCUT2D eigenvalue weighted by Gasteiger charge is 2.34. The van der Waals surface area contributed by atoms with Crippen LogP contribution in [0.3, 0.4) is 0 Å². The Morgan fingerprint density at radius 2 is 2.07 bits per heavy atom. The molecule has 0 aromatic rings. The second-order valence-corrected chi connectivity index (χ2v) is 6.10. The van der Waals surface area contributed by atoms with E-state index in [2.05, 4.69) is 22.0 Å². The average molecular weight is 212 g/mol. The molecule has 1 saturated carbocycles. The third kappa shape index (κ3) is 2.10. The summed E-state index contributed by atoms with van der Waals surface area (Å²) in [4.78, 5) is 2.71. The topological polar surface area (TPSA) is 15.3 Å². The molecule has 1 N–H and O–H groups in total. The van der Waals surface area contributed by atoms with Crippen molar-refractivity contribution in [1.82, 2.24) is 10.2 Å². The maximum Gasteiger partial charge on any atom is 0.0248 e. The van der Waals surface area contributed by atoms with E-state index in [1.165, 1.54) is 50.4 Å². The minimum Gasteiger partial charge on any atom is -0.312 e. The molecule has 0 spiro atoms. The van der Waals surface area contributed by atoms with Gasteiger partial charge in [0.25, 0.3) is 0 Å². The van der Waals surface area contributed by atoms with E-state index in [-0.39, 0.29) is 0 Å². The number of hydrogen-bond donors (Lipinski definition) is 1. The Bertz CT molecular complexity index is 201. The summed E-state index contributed by atoms with van der Waals surface area (Å²) in [7, 11) is 0. The molecule has 3 fully saturated rings. The number of rotatable bonds is 4. The van der Waals surface area contributed by atoms with Crippen LogP contribution >= 0.6 is 11.8 Å². The van der Waals surface area contributed by atoms with Crippen LogP contribution in [0, 0.1) is 5.92 Å². The normalized spacial score (nSPS) is 34.7. The monoisotopic (exact) mass is 212 g/mol. The lowest BCUT2D eigenvalue weighted by molar-refractivity contribution is 0.310. The van der Waals surface area contributed by atoms with Gasteiger partial charge in [0, 0.05) is 30.1 Å². The molecule has 2 saturated heterocycles.